The van der Waals surface area contributed by atoms with Gasteiger partial charge >= 0.3 is 0 Å². The molecule has 0 atom stereocenters. The van der Waals surface area contributed by atoms with Gasteiger partial charge in [0.25, 0.3) is 11.6 Å². The average molecular weight is 488 g/mol. The number of carbonyl (C=O) groups excluding carboxylic acids is 1. The van der Waals surface area contributed by atoms with Gasteiger partial charge in [0.1, 0.15) is 24.0 Å². The monoisotopic (exact) mass is 487 g/mol. The second kappa shape index (κ2) is 10.8. The molecular formula is C21H18BrN3O6. The first-order valence-corrected chi connectivity index (χ1v) is 9.50. The lowest BCUT2D eigenvalue weighted by Gasteiger charge is -2.13. The largest absolute Gasteiger partial charge is 0.495 e. The lowest BCUT2D eigenvalue weighted by molar-refractivity contribution is -0.384. The van der Waals surface area contributed by atoms with E-state index in [2.05, 4.69) is 27.8 Å². The fourth-order valence-corrected chi connectivity index (χ4v) is 3.09. The van der Waals surface area contributed by atoms with E-state index in [1.807, 2.05) is 6.07 Å². The van der Waals surface area contributed by atoms with E-state index in [1.165, 1.54) is 32.4 Å². The number of benzene rings is 2. The number of carbonyl (C=O) groups is 1. The van der Waals surface area contributed by atoms with Crippen LogP contribution in [0, 0.1) is 21.4 Å². The van der Waals surface area contributed by atoms with Crippen molar-refractivity contribution in [2.75, 3.05) is 26.1 Å². The van der Waals surface area contributed by atoms with E-state index in [0.717, 1.165) is 6.07 Å². The summed E-state index contributed by atoms with van der Waals surface area (Å²) in [6.07, 6.45) is 2.93. The van der Waals surface area contributed by atoms with E-state index in [0.29, 0.717) is 21.5 Å². The molecule has 10 heteroatoms. The molecule has 160 valence electrons. The van der Waals surface area contributed by atoms with Crippen LogP contribution in [0.3, 0.4) is 0 Å². The van der Waals surface area contributed by atoms with E-state index in [9.17, 15) is 20.2 Å². The lowest BCUT2D eigenvalue weighted by atomic mass is 10.1. The molecule has 31 heavy (non-hydrogen) atoms. The zero-order valence-electron chi connectivity index (χ0n) is 16.7. The summed E-state index contributed by atoms with van der Waals surface area (Å²) in [5, 5.41) is 23.0. The highest BCUT2D eigenvalue weighted by atomic mass is 79.9. The third kappa shape index (κ3) is 5.83. The first-order chi connectivity index (χ1) is 14.8. The lowest BCUT2D eigenvalue weighted by Crippen LogP contribution is -2.14. The summed E-state index contributed by atoms with van der Waals surface area (Å²) in [6.45, 7) is 3.86. The molecule has 0 unspecified atom stereocenters. The molecule has 2 rings (SSSR count). The standard InChI is InChI=1S/C21H18BrN3O6/c1-4-7-31-20-16(22)9-13(10-19(20)30-3)8-14(12-23)21(26)24-17-11-15(25(27)28)5-6-18(17)29-2/h4-6,8-11H,1,7H2,2-3H3,(H,24,26)/b14-8+. The smallest absolute Gasteiger partial charge is 0.271 e. The number of non-ortho nitro benzene ring substituents is 1. The van der Waals surface area contributed by atoms with Crippen molar-refractivity contribution in [1.82, 2.24) is 0 Å². The van der Waals surface area contributed by atoms with Crippen molar-refractivity contribution in [3.8, 4) is 23.3 Å². The van der Waals surface area contributed by atoms with Crippen LogP contribution >= 0.6 is 15.9 Å². The van der Waals surface area contributed by atoms with Gasteiger partial charge in [-0.25, -0.2) is 0 Å². The minimum Gasteiger partial charge on any atom is -0.495 e. The Balaban J connectivity index is 2.38. The highest BCUT2D eigenvalue weighted by Crippen LogP contribution is 2.37. The third-order valence-electron chi connectivity index (χ3n) is 3.92. The number of amides is 1. The molecule has 2 aromatic rings. The Morgan fingerprint density at radius 2 is 2.00 bits per heavy atom. The van der Waals surface area contributed by atoms with E-state index < -0.39 is 10.8 Å². The van der Waals surface area contributed by atoms with Crippen LogP contribution < -0.4 is 19.5 Å². The number of halogens is 1. The Kier molecular flexibility index (Phi) is 8.16. The van der Waals surface area contributed by atoms with Crippen molar-refractivity contribution in [3.63, 3.8) is 0 Å². The third-order valence-corrected chi connectivity index (χ3v) is 4.50. The number of nitro groups is 1. The first kappa shape index (κ1) is 23.4. The normalized spacial score (nSPS) is 10.6. The number of hydrogen-bond acceptors (Lipinski definition) is 7. The van der Waals surface area contributed by atoms with Gasteiger partial charge in [0.05, 0.1) is 29.3 Å². The Morgan fingerprint density at radius 3 is 2.58 bits per heavy atom. The van der Waals surface area contributed by atoms with Gasteiger partial charge in [0, 0.05) is 12.1 Å². The number of ether oxygens (including phenoxy) is 3. The number of anilines is 1. The van der Waals surface area contributed by atoms with Crippen molar-refractivity contribution in [2.24, 2.45) is 0 Å². The van der Waals surface area contributed by atoms with E-state index in [1.54, 1.807) is 18.2 Å². The minimum absolute atomic E-state index is 0.0646. The van der Waals surface area contributed by atoms with Crippen molar-refractivity contribution in [2.45, 2.75) is 0 Å². The first-order valence-electron chi connectivity index (χ1n) is 8.71. The number of nitrogens with zero attached hydrogens (tertiary/aromatic N) is 2. The number of nitro benzene ring substituents is 1. The molecule has 1 amide bonds. The van der Waals surface area contributed by atoms with Gasteiger partial charge in [-0.2, -0.15) is 5.26 Å². The van der Waals surface area contributed by atoms with E-state index in [4.69, 9.17) is 14.2 Å². The maximum absolute atomic E-state index is 12.6. The second-order valence-corrected chi connectivity index (χ2v) is 6.75. The van der Waals surface area contributed by atoms with Crippen LogP contribution in [0.4, 0.5) is 11.4 Å². The van der Waals surface area contributed by atoms with Gasteiger partial charge in [-0.1, -0.05) is 12.7 Å². The molecule has 0 fully saturated rings. The SMILES string of the molecule is C=CCOc1c(Br)cc(/C=C(\C#N)C(=O)Nc2cc([N+](=O)[O-])ccc2OC)cc1OC. The Bertz CT molecular complexity index is 1090. The molecule has 0 radical (unpaired) electrons. The Hall–Kier alpha value is -3.84. The molecule has 9 nitrogen and oxygen atoms in total. The fraction of sp³-hybridized carbons (Fsp3) is 0.143. The summed E-state index contributed by atoms with van der Waals surface area (Å²) in [7, 11) is 2.82. The van der Waals surface area contributed by atoms with Gasteiger partial charge in [-0.05, 0) is 45.8 Å². The quantitative estimate of drug-likeness (QED) is 0.181. The molecule has 0 saturated heterocycles. The average Bonchev–Trinajstić information content (AvgIpc) is 2.76. The number of nitriles is 1. The van der Waals surface area contributed by atoms with Crippen molar-refractivity contribution < 1.29 is 23.9 Å². The highest BCUT2D eigenvalue weighted by molar-refractivity contribution is 9.10. The predicted molar refractivity (Wildman–Crippen MR) is 118 cm³/mol. The summed E-state index contributed by atoms with van der Waals surface area (Å²) >= 11 is 3.38. The number of rotatable bonds is 9. The van der Waals surface area contributed by atoms with Gasteiger partial charge < -0.3 is 19.5 Å². The van der Waals surface area contributed by atoms with E-state index >= 15 is 0 Å². The van der Waals surface area contributed by atoms with Crippen molar-refractivity contribution in [1.29, 1.82) is 5.26 Å². The molecule has 0 aliphatic heterocycles. The van der Waals surface area contributed by atoms with Crippen LogP contribution in [0.2, 0.25) is 0 Å². The van der Waals surface area contributed by atoms with Crippen LogP contribution in [0.1, 0.15) is 5.56 Å². The zero-order chi connectivity index (χ0) is 23.0. The van der Waals surface area contributed by atoms with Crippen LogP contribution in [0.25, 0.3) is 6.08 Å². The van der Waals surface area contributed by atoms with Crippen LogP contribution in [-0.4, -0.2) is 31.7 Å². The van der Waals surface area contributed by atoms with Gasteiger partial charge in [-0.3, -0.25) is 14.9 Å². The summed E-state index contributed by atoms with van der Waals surface area (Å²) in [5.74, 6) is 0.289. The summed E-state index contributed by atoms with van der Waals surface area (Å²) in [5.41, 5.74) is 0.0896. The number of nitrogens with one attached hydrogen (secondary N) is 1. The molecule has 0 heterocycles. The maximum Gasteiger partial charge on any atom is 0.271 e. The molecule has 0 aromatic heterocycles. The van der Waals surface area contributed by atoms with Gasteiger partial charge in [0.2, 0.25) is 0 Å². The van der Waals surface area contributed by atoms with Crippen molar-refractivity contribution in [3.05, 3.63) is 68.7 Å². The van der Waals surface area contributed by atoms with Crippen LogP contribution in [0.5, 0.6) is 17.2 Å². The molecule has 0 bridgehead atoms. The number of hydrogen-bond donors (Lipinski definition) is 1. The molecule has 2 aromatic carbocycles. The summed E-state index contributed by atoms with van der Waals surface area (Å²) in [4.78, 5) is 23.0. The molecule has 0 spiro atoms. The molecule has 0 saturated carbocycles. The van der Waals surface area contributed by atoms with E-state index in [-0.39, 0.29) is 29.3 Å². The van der Waals surface area contributed by atoms with Gasteiger partial charge in [0.15, 0.2) is 11.5 Å². The van der Waals surface area contributed by atoms with Crippen LogP contribution in [-0.2, 0) is 4.79 Å². The second-order valence-electron chi connectivity index (χ2n) is 5.90. The Labute approximate surface area is 186 Å². The zero-order valence-corrected chi connectivity index (χ0v) is 18.3. The van der Waals surface area contributed by atoms with Crippen LogP contribution in [0.15, 0.2) is 53.0 Å². The Morgan fingerprint density at radius 1 is 1.29 bits per heavy atom. The highest BCUT2D eigenvalue weighted by Gasteiger charge is 2.17. The molecule has 1 N–H and O–H groups in total. The van der Waals surface area contributed by atoms with Crippen molar-refractivity contribution >= 4 is 39.3 Å². The summed E-state index contributed by atoms with van der Waals surface area (Å²) < 4.78 is 16.5. The predicted octanol–water partition coefficient (Wildman–Crippen LogP) is 4.48. The maximum atomic E-state index is 12.6. The topological polar surface area (TPSA) is 124 Å². The number of methoxy groups -OCH3 is 2. The molecule has 0 aliphatic rings. The van der Waals surface area contributed by atoms with Gasteiger partial charge in [-0.15, -0.1) is 0 Å². The summed E-state index contributed by atoms with van der Waals surface area (Å²) in [6, 6.07) is 8.83. The molecule has 0 aliphatic carbocycles. The fourth-order valence-electron chi connectivity index (χ4n) is 2.52. The molecular weight excluding hydrogens is 470 g/mol. The minimum atomic E-state index is -0.761.